The molecule has 16 heavy (non-hydrogen) atoms. The molecule has 0 radical (unpaired) electrons. The van der Waals surface area contributed by atoms with E-state index in [-0.39, 0.29) is 6.61 Å². The summed E-state index contributed by atoms with van der Waals surface area (Å²) in [5.41, 5.74) is 1.45. The first-order valence-electron chi connectivity index (χ1n) is 4.65. The molecule has 2 aromatic rings. The van der Waals surface area contributed by atoms with Crippen LogP contribution in [-0.2, 0) is 6.61 Å². The highest BCUT2D eigenvalue weighted by Gasteiger charge is 2.08. The topological polar surface area (TPSA) is 55.5 Å². The molecule has 0 saturated carbocycles. The standard InChI is InChI=1S/C11H10ClNO3/c1-15-11-3-2-7(4-9(11)12)10-5-8(6-14)16-13-10/h2-5,14H,6H2,1H3. The van der Waals surface area contributed by atoms with Gasteiger partial charge in [0.25, 0.3) is 0 Å². The Morgan fingerprint density at radius 1 is 1.44 bits per heavy atom. The average molecular weight is 240 g/mol. The molecule has 4 nitrogen and oxygen atoms in total. The summed E-state index contributed by atoms with van der Waals surface area (Å²) in [7, 11) is 1.56. The lowest BCUT2D eigenvalue weighted by molar-refractivity contribution is 0.229. The summed E-state index contributed by atoms with van der Waals surface area (Å²) >= 11 is 5.99. The lowest BCUT2D eigenvalue weighted by Crippen LogP contribution is -1.85. The number of nitrogens with zero attached hydrogens (tertiary/aromatic N) is 1. The van der Waals surface area contributed by atoms with Crippen molar-refractivity contribution >= 4 is 11.6 Å². The lowest BCUT2D eigenvalue weighted by atomic mass is 10.1. The molecule has 2 rings (SSSR count). The first-order valence-corrected chi connectivity index (χ1v) is 5.02. The highest BCUT2D eigenvalue weighted by Crippen LogP contribution is 2.29. The van der Waals surface area contributed by atoms with Crippen LogP contribution in [-0.4, -0.2) is 17.4 Å². The molecule has 0 spiro atoms. The summed E-state index contributed by atoms with van der Waals surface area (Å²) in [6.45, 7) is -0.170. The number of halogens is 1. The van der Waals surface area contributed by atoms with Crippen molar-refractivity contribution < 1.29 is 14.4 Å². The van der Waals surface area contributed by atoms with Crippen molar-refractivity contribution in [1.29, 1.82) is 0 Å². The van der Waals surface area contributed by atoms with Crippen molar-refractivity contribution in [3.05, 3.63) is 35.0 Å². The van der Waals surface area contributed by atoms with E-state index in [1.54, 1.807) is 25.3 Å². The Morgan fingerprint density at radius 2 is 2.25 bits per heavy atom. The molecule has 0 aliphatic rings. The summed E-state index contributed by atoms with van der Waals surface area (Å²) < 4.78 is 9.94. The van der Waals surface area contributed by atoms with Gasteiger partial charge in [0.2, 0.25) is 0 Å². The van der Waals surface area contributed by atoms with Crippen LogP contribution in [0.4, 0.5) is 0 Å². The third-order valence-corrected chi connectivity index (χ3v) is 2.46. The van der Waals surface area contributed by atoms with Crippen LogP contribution in [0.5, 0.6) is 5.75 Å². The second-order valence-corrected chi connectivity index (χ2v) is 3.59. The van der Waals surface area contributed by atoms with Gasteiger partial charge >= 0.3 is 0 Å². The van der Waals surface area contributed by atoms with Crippen LogP contribution in [0.1, 0.15) is 5.76 Å². The van der Waals surface area contributed by atoms with Crippen LogP contribution in [0.25, 0.3) is 11.3 Å². The zero-order valence-corrected chi connectivity index (χ0v) is 9.36. The van der Waals surface area contributed by atoms with Gasteiger partial charge in [-0.25, -0.2) is 0 Å². The van der Waals surface area contributed by atoms with E-state index in [4.69, 9.17) is 26.0 Å². The van der Waals surface area contributed by atoms with Crippen molar-refractivity contribution in [1.82, 2.24) is 5.16 Å². The number of hydrogen-bond acceptors (Lipinski definition) is 4. The number of aromatic nitrogens is 1. The van der Waals surface area contributed by atoms with Crippen molar-refractivity contribution in [3.8, 4) is 17.0 Å². The number of methoxy groups -OCH3 is 1. The highest BCUT2D eigenvalue weighted by atomic mass is 35.5. The average Bonchev–Trinajstić information content (AvgIpc) is 2.77. The predicted octanol–water partition coefficient (Wildman–Crippen LogP) is 2.50. The predicted molar refractivity (Wildman–Crippen MR) is 59.4 cm³/mol. The van der Waals surface area contributed by atoms with Gasteiger partial charge in [-0.05, 0) is 18.2 Å². The molecule has 0 bridgehead atoms. The van der Waals surface area contributed by atoms with Gasteiger partial charge in [0.05, 0.1) is 12.1 Å². The second-order valence-electron chi connectivity index (χ2n) is 3.19. The van der Waals surface area contributed by atoms with Gasteiger partial charge in [-0.1, -0.05) is 16.8 Å². The van der Waals surface area contributed by atoms with Gasteiger partial charge in [0, 0.05) is 11.6 Å². The maximum absolute atomic E-state index is 8.85. The maximum Gasteiger partial charge on any atom is 0.162 e. The van der Waals surface area contributed by atoms with E-state index >= 15 is 0 Å². The molecular weight excluding hydrogens is 230 g/mol. The van der Waals surface area contributed by atoms with Crippen LogP contribution in [0.15, 0.2) is 28.8 Å². The molecule has 1 heterocycles. The maximum atomic E-state index is 8.85. The zero-order chi connectivity index (χ0) is 11.5. The van der Waals surface area contributed by atoms with Crippen LogP contribution in [0.2, 0.25) is 5.02 Å². The van der Waals surface area contributed by atoms with E-state index in [1.807, 2.05) is 6.07 Å². The van der Waals surface area contributed by atoms with Crippen molar-refractivity contribution in [2.24, 2.45) is 0 Å². The van der Waals surface area contributed by atoms with E-state index in [0.717, 1.165) is 5.56 Å². The van der Waals surface area contributed by atoms with Gasteiger partial charge in [0.1, 0.15) is 18.1 Å². The van der Waals surface area contributed by atoms with E-state index in [9.17, 15) is 0 Å². The normalized spacial score (nSPS) is 10.4. The van der Waals surface area contributed by atoms with Gasteiger partial charge in [-0.3, -0.25) is 0 Å². The number of benzene rings is 1. The Bertz CT molecular complexity index is 496. The summed E-state index contributed by atoms with van der Waals surface area (Å²) in [5, 5.41) is 13.2. The molecule has 1 N–H and O–H groups in total. The van der Waals surface area contributed by atoms with Crippen molar-refractivity contribution in [2.45, 2.75) is 6.61 Å². The summed E-state index contributed by atoms with van der Waals surface area (Å²) in [6.07, 6.45) is 0. The lowest BCUT2D eigenvalue weighted by Gasteiger charge is -2.03. The smallest absolute Gasteiger partial charge is 0.162 e. The minimum absolute atomic E-state index is 0.170. The van der Waals surface area contributed by atoms with Crippen LogP contribution in [0, 0.1) is 0 Å². The Kier molecular flexibility index (Phi) is 3.12. The van der Waals surface area contributed by atoms with Crippen LogP contribution in [0.3, 0.4) is 0 Å². The van der Waals surface area contributed by atoms with E-state index < -0.39 is 0 Å². The van der Waals surface area contributed by atoms with E-state index in [0.29, 0.717) is 22.2 Å². The zero-order valence-electron chi connectivity index (χ0n) is 8.61. The molecule has 1 aromatic heterocycles. The quantitative estimate of drug-likeness (QED) is 0.894. The molecule has 0 atom stereocenters. The van der Waals surface area contributed by atoms with Gasteiger partial charge in [-0.15, -0.1) is 0 Å². The third kappa shape index (κ3) is 2.03. The monoisotopic (exact) mass is 239 g/mol. The molecule has 0 saturated heterocycles. The fraction of sp³-hybridized carbons (Fsp3) is 0.182. The fourth-order valence-corrected chi connectivity index (χ4v) is 1.61. The number of rotatable bonds is 3. The SMILES string of the molecule is COc1ccc(-c2cc(CO)on2)cc1Cl. The molecule has 5 heteroatoms. The second kappa shape index (κ2) is 4.55. The largest absolute Gasteiger partial charge is 0.495 e. The first-order chi connectivity index (χ1) is 7.74. The summed E-state index contributed by atoms with van der Waals surface area (Å²) in [4.78, 5) is 0. The summed E-state index contributed by atoms with van der Waals surface area (Å²) in [5.74, 6) is 1.03. The Morgan fingerprint density at radius 3 is 2.81 bits per heavy atom. The van der Waals surface area contributed by atoms with E-state index in [1.165, 1.54) is 0 Å². The van der Waals surface area contributed by atoms with E-state index in [2.05, 4.69) is 5.16 Å². The Hall–Kier alpha value is -1.52. The van der Waals surface area contributed by atoms with Gasteiger partial charge in [0.15, 0.2) is 5.76 Å². The highest BCUT2D eigenvalue weighted by molar-refractivity contribution is 6.32. The molecule has 0 aliphatic heterocycles. The number of aliphatic hydroxyl groups is 1. The van der Waals surface area contributed by atoms with Gasteiger partial charge < -0.3 is 14.4 Å². The molecule has 0 unspecified atom stereocenters. The summed E-state index contributed by atoms with van der Waals surface area (Å²) in [6, 6.07) is 6.98. The minimum atomic E-state index is -0.170. The number of aliphatic hydroxyl groups excluding tert-OH is 1. The fourth-order valence-electron chi connectivity index (χ4n) is 1.35. The number of ether oxygens (including phenoxy) is 1. The third-order valence-electron chi connectivity index (χ3n) is 2.16. The minimum Gasteiger partial charge on any atom is -0.495 e. The molecule has 0 fully saturated rings. The first kappa shape index (κ1) is 11.0. The molecule has 1 aromatic carbocycles. The molecule has 0 aliphatic carbocycles. The van der Waals surface area contributed by atoms with Crippen LogP contribution >= 0.6 is 11.6 Å². The number of hydrogen-bond donors (Lipinski definition) is 1. The Balaban J connectivity index is 2.37. The van der Waals surface area contributed by atoms with Gasteiger partial charge in [-0.2, -0.15) is 0 Å². The molecule has 84 valence electrons. The van der Waals surface area contributed by atoms with Crippen molar-refractivity contribution in [2.75, 3.05) is 7.11 Å². The molecular formula is C11H10ClNO3. The molecule has 0 amide bonds. The van der Waals surface area contributed by atoms with Crippen molar-refractivity contribution in [3.63, 3.8) is 0 Å². The Labute approximate surface area is 97.4 Å². The van der Waals surface area contributed by atoms with Crippen LogP contribution < -0.4 is 4.74 Å².